The molecule has 0 spiro atoms. The number of nitrogens with one attached hydrogen (secondary N) is 1. The third-order valence-electron chi connectivity index (χ3n) is 3.94. The number of unbranched alkanes of at least 4 members (excludes halogenated alkanes) is 2. The molecule has 0 radical (unpaired) electrons. The van der Waals surface area contributed by atoms with Crippen LogP contribution in [0.5, 0.6) is 0 Å². The largest absolute Gasteiger partial charge is 0.460 e. The Morgan fingerprint density at radius 3 is 2.22 bits per heavy atom. The summed E-state index contributed by atoms with van der Waals surface area (Å²) in [7, 11) is 0. The van der Waals surface area contributed by atoms with Crippen molar-refractivity contribution >= 4 is 11.7 Å². The molecule has 1 aromatic carbocycles. The molecule has 1 aromatic rings. The van der Waals surface area contributed by atoms with Crippen LogP contribution in [0.2, 0.25) is 0 Å². The van der Waals surface area contributed by atoms with Crippen molar-refractivity contribution < 1.29 is 9.53 Å². The Labute approximate surface area is 140 Å². The molecule has 0 saturated heterocycles. The van der Waals surface area contributed by atoms with E-state index in [0.717, 1.165) is 0 Å². The summed E-state index contributed by atoms with van der Waals surface area (Å²) in [5.74, 6) is -0.294. The van der Waals surface area contributed by atoms with Crippen LogP contribution in [-0.4, -0.2) is 24.7 Å². The average Bonchev–Trinajstić information content (AvgIpc) is 2.55. The van der Waals surface area contributed by atoms with Crippen molar-refractivity contribution in [3.05, 3.63) is 29.8 Å². The first-order valence-corrected chi connectivity index (χ1v) is 8.85. The minimum Gasteiger partial charge on any atom is -0.460 e. The maximum absolute atomic E-state index is 12.0. The van der Waals surface area contributed by atoms with Gasteiger partial charge in [0.1, 0.15) is 6.61 Å². The Hall–Kier alpha value is -1.55. The second-order valence-corrected chi connectivity index (χ2v) is 6.27. The van der Waals surface area contributed by atoms with Crippen molar-refractivity contribution in [2.24, 2.45) is 0 Å². The van der Waals surface area contributed by atoms with Gasteiger partial charge in [0.25, 0.3) is 0 Å². The van der Waals surface area contributed by atoms with E-state index >= 15 is 0 Å². The van der Waals surface area contributed by atoms with E-state index in [1.807, 2.05) is 0 Å². The number of carbonyl (C=O) groups excluding carboxylic acids is 1. The number of rotatable bonds is 11. The molecule has 23 heavy (non-hydrogen) atoms. The highest BCUT2D eigenvalue weighted by Gasteiger charge is 2.14. The van der Waals surface area contributed by atoms with Crippen LogP contribution in [0.1, 0.15) is 69.7 Å². The highest BCUT2D eigenvalue weighted by atomic mass is 16.5. The zero-order valence-electron chi connectivity index (χ0n) is 14.8. The van der Waals surface area contributed by atoms with E-state index in [2.05, 4.69) is 26.1 Å². The Morgan fingerprint density at radius 2 is 1.70 bits per heavy atom. The smallest absolute Gasteiger partial charge is 0.338 e. The molecule has 0 aliphatic rings. The molecular formula is C19H32N2O2. The summed E-state index contributed by atoms with van der Waals surface area (Å²) in [5, 5.41) is 3.61. The SMILES string of the molecule is CCCCC(CCCC)N[C@H](C)COC(=O)c1ccc(N)cc1. The van der Waals surface area contributed by atoms with Gasteiger partial charge in [0.2, 0.25) is 0 Å². The predicted molar refractivity (Wildman–Crippen MR) is 96.6 cm³/mol. The highest BCUT2D eigenvalue weighted by molar-refractivity contribution is 5.89. The van der Waals surface area contributed by atoms with Gasteiger partial charge in [-0.2, -0.15) is 0 Å². The van der Waals surface area contributed by atoms with Crippen molar-refractivity contribution in [1.29, 1.82) is 0 Å². The summed E-state index contributed by atoms with van der Waals surface area (Å²) in [6, 6.07) is 7.49. The van der Waals surface area contributed by atoms with Crippen molar-refractivity contribution in [2.45, 2.75) is 71.4 Å². The quantitative estimate of drug-likeness (QED) is 0.475. The molecule has 0 amide bonds. The van der Waals surface area contributed by atoms with E-state index in [-0.39, 0.29) is 12.0 Å². The van der Waals surface area contributed by atoms with E-state index in [9.17, 15) is 4.79 Å². The van der Waals surface area contributed by atoms with Gasteiger partial charge in [-0.15, -0.1) is 0 Å². The summed E-state index contributed by atoms with van der Waals surface area (Å²) in [5.41, 5.74) is 6.81. The standard InChI is InChI=1S/C19H32N2O2/c1-4-6-8-18(9-7-5-2)21-15(3)14-23-19(22)16-10-12-17(20)13-11-16/h10-13,15,18,21H,4-9,14,20H2,1-3H3/t15-/m1/s1. The Morgan fingerprint density at radius 1 is 1.13 bits per heavy atom. The number of anilines is 1. The number of benzene rings is 1. The fraction of sp³-hybridized carbons (Fsp3) is 0.632. The van der Waals surface area contributed by atoms with E-state index < -0.39 is 0 Å². The molecule has 0 aliphatic heterocycles. The van der Waals surface area contributed by atoms with Gasteiger partial charge in [-0.1, -0.05) is 39.5 Å². The first-order chi connectivity index (χ1) is 11.1. The maximum Gasteiger partial charge on any atom is 0.338 e. The molecule has 0 bridgehead atoms. The van der Waals surface area contributed by atoms with Crippen LogP contribution in [0.15, 0.2) is 24.3 Å². The molecule has 1 rings (SSSR count). The number of hydrogen-bond acceptors (Lipinski definition) is 4. The molecule has 4 heteroatoms. The minimum absolute atomic E-state index is 0.159. The van der Waals surface area contributed by atoms with E-state index in [0.29, 0.717) is 23.9 Å². The number of nitrogen functional groups attached to an aromatic ring is 1. The van der Waals surface area contributed by atoms with Crippen LogP contribution in [-0.2, 0) is 4.74 Å². The van der Waals surface area contributed by atoms with Crippen LogP contribution >= 0.6 is 0 Å². The molecule has 4 nitrogen and oxygen atoms in total. The summed E-state index contributed by atoms with van der Waals surface area (Å²) in [6.45, 7) is 6.89. The Bertz CT molecular complexity index is 437. The third-order valence-corrected chi connectivity index (χ3v) is 3.94. The number of nitrogens with two attached hydrogens (primary N) is 1. The van der Waals surface area contributed by atoms with Gasteiger partial charge in [-0.3, -0.25) is 0 Å². The van der Waals surface area contributed by atoms with Crippen molar-refractivity contribution in [3.63, 3.8) is 0 Å². The molecule has 0 aromatic heterocycles. The minimum atomic E-state index is -0.294. The Balaban J connectivity index is 2.39. The average molecular weight is 320 g/mol. The molecule has 0 aliphatic carbocycles. The van der Waals surface area contributed by atoms with Crippen molar-refractivity contribution in [1.82, 2.24) is 5.32 Å². The fourth-order valence-corrected chi connectivity index (χ4v) is 2.57. The second-order valence-electron chi connectivity index (χ2n) is 6.27. The van der Waals surface area contributed by atoms with E-state index in [1.165, 1.54) is 38.5 Å². The topological polar surface area (TPSA) is 64.3 Å². The van der Waals surface area contributed by atoms with Gasteiger partial charge < -0.3 is 15.8 Å². The monoisotopic (exact) mass is 320 g/mol. The Kier molecular flexibility index (Phi) is 9.37. The molecule has 0 heterocycles. The lowest BCUT2D eigenvalue weighted by Crippen LogP contribution is -2.39. The summed E-state index contributed by atoms with van der Waals surface area (Å²) < 4.78 is 5.40. The molecule has 1 atom stereocenters. The van der Waals surface area contributed by atoms with Crippen LogP contribution in [0.3, 0.4) is 0 Å². The maximum atomic E-state index is 12.0. The van der Waals surface area contributed by atoms with Crippen LogP contribution in [0, 0.1) is 0 Å². The molecule has 130 valence electrons. The molecular weight excluding hydrogens is 288 g/mol. The van der Waals surface area contributed by atoms with Gasteiger partial charge in [0.15, 0.2) is 0 Å². The van der Waals surface area contributed by atoms with Gasteiger partial charge in [-0.05, 0) is 44.0 Å². The number of esters is 1. The summed E-state index contributed by atoms with van der Waals surface area (Å²) in [6.07, 6.45) is 7.27. The molecule has 0 saturated carbocycles. The number of carbonyl (C=O) groups is 1. The van der Waals surface area contributed by atoms with Crippen LogP contribution in [0.25, 0.3) is 0 Å². The van der Waals surface area contributed by atoms with Crippen LogP contribution < -0.4 is 11.1 Å². The molecule has 0 unspecified atom stereocenters. The van der Waals surface area contributed by atoms with Gasteiger partial charge in [0, 0.05) is 17.8 Å². The van der Waals surface area contributed by atoms with Gasteiger partial charge >= 0.3 is 5.97 Å². The third kappa shape index (κ3) is 8.03. The first kappa shape index (κ1) is 19.5. The van der Waals surface area contributed by atoms with Crippen LogP contribution in [0.4, 0.5) is 5.69 Å². The number of ether oxygens (including phenoxy) is 1. The summed E-state index contributed by atoms with van der Waals surface area (Å²) >= 11 is 0. The molecule has 0 fully saturated rings. The lowest BCUT2D eigenvalue weighted by Gasteiger charge is -2.23. The lowest BCUT2D eigenvalue weighted by atomic mass is 10.0. The first-order valence-electron chi connectivity index (χ1n) is 8.85. The molecule has 3 N–H and O–H groups in total. The van der Waals surface area contributed by atoms with Crippen molar-refractivity contribution in [3.8, 4) is 0 Å². The van der Waals surface area contributed by atoms with Crippen molar-refractivity contribution in [2.75, 3.05) is 12.3 Å². The zero-order valence-corrected chi connectivity index (χ0v) is 14.8. The lowest BCUT2D eigenvalue weighted by molar-refractivity contribution is 0.0465. The van der Waals surface area contributed by atoms with Gasteiger partial charge in [-0.25, -0.2) is 4.79 Å². The fourth-order valence-electron chi connectivity index (χ4n) is 2.57. The highest BCUT2D eigenvalue weighted by Crippen LogP contribution is 2.10. The second kappa shape index (κ2) is 11.1. The van der Waals surface area contributed by atoms with Gasteiger partial charge in [0.05, 0.1) is 5.56 Å². The number of hydrogen-bond donors (Lipinski definition) is 2. The normalized spacial score (nSPS) is 12.3. The predicted octanol–water partition coefficient (Wildman–Crippen LogP) is 4.15. The van der Waals surface area contributed by atoms with E-state index in [4.69, 9.17) is 10.5 Å². The van der Waals surface area contributed by atoms with E-state index in [1.54, 1.807) is 24.3 Å². The summed E-state index contributed by atoms with van der Waals surface area (Å²) in [4.78, 5) is 12.0. The zero-order chi connectivity index (χ0) is 17.1.